The second-order valence-electron chi connectivity index (χ2n) is 2.23. The molecule has 0 aromatic rings. The zero-order valence-corrected chi connectivity index (χ0v) is 6.08. The Morgan fingerprint density at radius 1 is 1.82 bits per heavy atom. The molecular formula is C8H9NO2. The molecule has 0 spiro atoms. The van der Waals surface area contributed by atoms with Crippen molar-refractivity contribution in [1.82, 2.24) is 0 Å². The number of aliphatic hydroxyl groups is 1. The molecule has 3 nitrogen and oxygen atoms in total. The van der Waals surface area contributed by atoms with Gasteiger partial charge in [-0.3, -0.25) is 9.79 Å². The minimum Gasteiger partial charge on any atom is -0.503 e. The Kier molecular flexibility index (Phi) is 2.21. The summed E-state index contributed by atoms with van der Waals surface area (Å²) in [4.78, 5) is 14.7. The van der Waals surface area contributed by atoms with E-state index in [9.17, 15) is 4.79 Å². The molecular weight excluding hydrogens is 142 g/mol. The average molecular weight is 151 g/mol. The molecule has 1 heterocycles. The lowest BCUT2D eigenvalue weighted by Gasteiger charge is -2.06. The molecule has 1 rings (SSSR count). The fraction of sp³-hybridized carbons (Fsp3) is 0.250. The first-order valence-electron chi connectivity index (χ1n) is 3.34. The van der Waals surface area contributed by atoms with E-state index in [-0.39, 0.29) is 18.0 Å². The van der Waals surface area contributed by atoms with Crippen LogP contribution in [0.5, 0.6) is 0 Å². The highest BCUT2D eigenvalue weighted by Gasteiger charge is 2.15. The number of aliphatic imine (C=N–C) groups is 1. The molecule has 1 aliphatic rings. The molecule has 1 N–H and O–H groups in total. The van der Waals surface area contributed by atoms with Crippen molar-refractivity contribution in [2.75, 3.05) is 0 Å². The highest BCUT2D eigenvalue weighted by Crippen LogP contribution is 2.14. The SMILES string of the molecule is C=CCC1=C(O)C(=O)CC=N1. The molecule has 0 aromatic carbocycles. The van der Waals surface area contributed by atoms with Crippen molar-refractivity contribution in [1.29, 1.82) is 0 Å². The third-order valence-corrected chi connectivity index (χ3v) is 1.40. The fourth-order valence-corrected chi connectivity index (χ4v) is 0.844. The van der Waals surface area contributed by atoms with Crippen molar-refractivity contribution in [2.24, 2.45) is 4.99 Å². The number of rotatable bonds is 2. The van der Waals surface area contributed by atoms with Gasteiger partial charge >= 0.3 is 0 Å². The fourth-order valence-electron chi connectivity index (χ4n) is 0.844. The minimum absolute atomic E-state index is 0.201. The van der Waals surface area contributed by atoms with Crippen molar-refractivity contribution in [2.45, 2.75) is 12.8 Å². The Labute approximate surface area is 64.8 Å². The topological polar surface area (TPSA) is 49.7 Å². The van der Waals surface area contributed by atoms with Crippen LogP contribution in [-0.4, -0.2) is 17.1 Å². The van der Waals surface area contributed by atoms with E-state index in [0.29, 0.717) is 12.1 Å². The monoisotopic (exact) mass is 151 g/mol. The molecule has 0 fully saturated rings. The number of carbonyl (C=O) groups excluding carboxylic acids is 1. The van der Waals surface area contributed by atoms with Gasteiger partial charge in [-0.1, -0.05) is 6.08 Å². The zero-order chi connectivity index (χ0) is 8.27. The van der Waals surface area contributed by atoms with Crippen LogP contribution in [0.4, 0.5) is 0 Å². The number of hydrogen-bond donors (Lipinski definition) is 1. The summed E-state index contributed by atoms with van der Waals surface area (Å²) in [5, 5.41) is 9.14. The van der Waals surface area contributed by atoms with Crippen LogP contribution in [0.3, 0.4) is 0 Å². The second-order valence-corrected chi connectivity index (χ2v) is 2.23. The molecule has 0 amide bonds. The Morgan fingerprint density at radius 2 is 2.55 bits per heavy atom. The predicted molar refractivity (Wildman–Crippen MR) is 42.6 cm³/mol. The van der Waals surface area contributed by atoms with Gasteiger partial charge in [0.1, 0.15) is 0 Å². The minimum atomic E-state index is -0.267. The van der Waals surface area contributed by atoms with E-state index >= 15 is 0 Å². The first-order valence-corrected chi connectivity index (χ1v) is 3.34. The summed E-state index contributed by atoms with van der Waals surface area (Å²) >= 11 is 0. The molecule has 0 aliphatic carbocycles. The van der Waals surface area contributed by atoms with E-state index in [1.54, 1.807) is 6.08 Å². The van der Waals surface area contributed by atoms with Crippen LogP contribution in [0, 0.1) is 0 Å². The quantitative estimate of drug-likeness (QED) is 0.606. The average Bonchev–Trinajstić information content (AvgIpc) is 1.99. The van der Waals surface area contributed by atoms with Gasteiger partial charge in [-0.15, -0.1) is 6.58 Å². The maximum absolute atomic E-state index is 10.8. The number of ketones is 1. The zero-order valence-electron chi connectivity index (χ0n) is 6.08. The van der Waals surface area contributed by atoms with Crippen LogP contribution in [0.25, 0.3) is 0 Å². The van der Waals surface area contributed by atoms with Gasteiger partial charge in [0.15, 0.2) is 5.76 Å². The largest absolute Gasteiger partial charge is 0.503 e. The van der Waals surface area contributed by atoms with E-state index in [0.717, 1.165) is 0 Å². The highest BCUT2D eigenvalue weighted by molar-refractivity contribution is 6.03. The van der Waals surface area contributed by atoms with Gasteiger partial charge in [0.2, 0.25) is 5.78 Å². The van der Waals surface area contributed by atoms with Crippen LogP contribution < -0.4 is 0 Å². The summed E-state index contributed by atoms with van der Waals surface area (Å²) < 4.78 is 0. The van der Waals surface area contributed by atoms with E-state index < -0.39 is 0 Å². The summed E-state index contributed by atoms with van der Waals surface area (Å²) in [6, 6.07) is 0. The normalized spacial score (nSPS) is 17.3. The molecule has 0 atom stereocenters. The molecule has 0 radical (unpaired) electrons. The maximum Gasteiger partial charge on any atom is 0.204 e. The molecule has 3 heteroatoms. The Hall–Kier alpha value is -1.38. The number of carbonyl (C=O) groups is 1. The molecule has 11 heavy (non-hydrogen) atoms. The van der Waals surface area contributed by atoms with Crippen molar-refractivity contribution in [3.05, 3.63) is 24.1 Å². The van der Waals surface area contributed by atoms with Gasteiger partial charge < -0.3 is 5.11 Å². The lowest BCUT2D eigenvalue weighted by atomic mass is 10.1. The Morgan fingerprint density at radius 3 is 3.18 bits per heavy atom. The van der Waals surface area contributed by atoms with E-state index in [2.05, 4.69) is 11.6 Å². The molecule has 0 aromatic heterocycles. The third-order valence-electron chi connectivity index (χ3n) is 1.40. The van der Waals surface area contributed by atoms with Crippen LogP contribution >= 0.6 is 0 Å². The molecule has 0 unspecified atom stereocenters. The molecule has 0 saturated heterocycles. The van der Waals surface area contributed by atoms with E-state index in [1.807, 2.05) is 0 Å². The summed E-state index contributed by atoms with van der Waals surface area (Å²) in [7, 11) is 0. The summed E-state index contributed by atoms with van der Waals surface area (Å²) in [5.41, 5.74) is 0.413. The van der Waals surface area contributed by atoms with Crippen LogP contribution in [-0.2, 0) is 4.79 Å². The van der Waals surface area contributed by atoms with E-state index in [4.69, 9.17) is 5.11 Å². The smallest absolute Gasteiger partial charge is 0.204 e. The van der Waals surface area contributed by atoms with Crippen molar-refractivity contribution in [3.63, 3.8) is 0 Å². The van der Waals surface area contributed by atoms with Gasteiger partial charge in [-0.25, -0.2) is 0 Å². The molecule has 1 aliphatic heterocycles. The first-order chi connectivity index (χ1) is 5.25. The van der Waals surface area contributed by atoms with Crippen molar-refractivity contribution >= 4 is 12.0 Å². The van der Waals surface area contributed by atoms with Crippen LogP contribution in [0.2, 0.25) is 0 Å². The maximum atomic E-state index is 10.8. The lowest BCUT2D eigenvalue weighted by Crippen LogP contribution is -2.09. The summed E-state index contributed by atoms with van der Waals surface area (Å²) in [5.74, 6) is -0.482. The van der Waals surface area contributed by atoms with Crippen LogP contribution in [0.15, 0.2) is 29.1 Å². The van der Waals surface area contributed by atoms with Gasteiger partial charge in [-0.05, 0) is 0 Å². The number of allylic oxidation sites excluding steroid dienone is 2. The Balaban J connectivity index is 2.88. The van der Waals surface area contributed by atoms with Gasteiger partial charge in [-0.2, -0.15) is 0 Å². The predicted octanol–water partition coefficient (Wildman–Crippen LogP) is 1.38. The lowest BCUT2D eigenvalue weighted by molar-refractivity contribution is -0.117. The van der Waals surface area contributed by atoms with Crippen molar-refractivity contribution in [3.8, 4) is 0 Å². The van der Waals surface area contributed by atoms with Crippen molar-refractivity contribution < 1.29 is 9.90 Å². The third kappa shape index (κ3) is 1.55. The van der Waals surface area contributed by atoms with Gasteiger partial charge in [0.25, 0.3) is 0 Å². The number of Topliss-reactive ketones (excluding diaryl/α,β-unsaturated/α-hetero) is 1. The first kappa shape index (κ1) is 7.72. The standard InChI is InChI=1S/C8H9NO2/c1-2-3-6-8(11)7(10)4-5-9-6/h2,5,11H,1,3-4H2. The molecule has 58 valence electrons. The number of aliphatic hydroxyl groups excluding tert-OH is 1. The summed E-state index contributed by atoms with van der Waals surface area (Å²) in [6.45, 7) is 3.48. The molecule has 0 bridgehead atoms. The Bertz CT molecular complexity index is 251. The number of nitrogens with zero attached hydrogens (tertiary/aromatic N) is 1. The van der Waals surface area contributed by atoms with Gasteiger partial charge in [0, 0.05) is 19.1 Å². The highest BCUT2D eigenvalue weighted by atomic mass is 16.3. The number of hydrogen-bond acceptors (Lipinski definition) is 3. The van der Waals surface area contributed by atoms with Gasteiger partial charge in [0.05, 0.1) is 5.70 Å². The van der Waals surface area contributed by atoms with Crippen LogP contribution in [0.1, 0.15) is 12.8 Å². The second kappa shape index (κ2) is 3.14. The molecule has 0 saturated carbocycles. The summed E-state index contributed by atoms with van der Waals surface area (Å²) in [6.07, 6.45) is 3.74. The van der Waals surface area contributed by atoms with E-state index in [1.165, 1.54) is 6.21 Å².